The molecule has 4 aliphatic rings. The highest BCUT2D eigenvalue weighted by molar-refractivity contribution is 5.96. The lowest BCUT2D eigenvalue weighted by Gasteiger charge is -2.65. The second-order valence-electron chi connectivity index (χ2n) is 10.3. The summed E-state index contributed by atoms with van der Waals surface area (Å²) in [5.74, 6) is -2.84. The van der Waals surface area contributed by atoms with Crippen LogP contribution < -0.4 is 0 Å². The van der Waals surface area contributed by atoms with Gasteiger partial charge in [0.2, 0.25) is 0 Å². The molecule has 2 saturated heterocycles. The number of rotatable bonds is 4. The zero-order chi connectivity index (χ0) is 25.4. The number of carbonyl (C=O) groups is 4. The Labute approximate surface area is 200 Å². The fourth-order valence-electron chi connectivity index (χ4n) is 6.97. The standard InChI is InChI=1S/C24H28O11/c1-13(25)32-11-22-17(27)9-20(3,29)21(8-16(35-19(21)28)15-5-7-31-10-15)24(22,30)6-4-18(34-14(2)26)23(22)12-33-23/h5,7,10,16,18,29-30H,4,6,8-9,11-12H2,1-3H3. The largest absolute Gasteiger partial charge is 0.472 e. The van der Waals surface area contributed by atoms with Crippen LogP contribution in [0, 0.1) is 10.8 Å². The molecule has 11 nitrogen and oxygen atoms in total. The number of fused-ring (bicyclic) bond motifs is 3. The Morgan fingerprint density at radius 1 is 1.20 bits per heavy atom. The van der Waals surface area contributed by atoms with Gasteiger partial charge in [0, 0.05) is 32.3 Å². The van der Waals surface area contributed by atoms with Crippen molar-refractivity contribution in [3.63, 3.8) is 0 Å². The Hall–Kier alpha value is -2.76. The fourth-order valence-corrected chi connectivity index (χ4v) is 6.97. The topological polar surface area (TPSA) is 162 Å². The first-order valence-corrected chi connectivity index (χ1v) is 11.5. The number of hydrogen-bond acceptors (Lipinski definition) is 11. The minimum absolute atomic E-state index is 0.0483. The first kappa shape index (κ1) is 24.0. The summed E-state index contributed by atoms with van der Waals surface area (Å²) < 4.78 is 27.4. The van der Waals surface area contributed by atoms with Crippen LogP contribution >= 0.6 is 0 Å². The molecule has 4 fully saturated rings. The van der Waals surface area contributed by atoms with Crippen LogP contribution in [0.3, 0.4) is 0 Å². The molecule has 0 amide bonds. The van der Waals surface area contributed by atoms with Gasteiger partial charge in [0.05, 0.1) is 24.7 Å². The van der Waals surface area contributed by atoms with Gasteiger partial charge >= 0.3 is 17.9 Å². The molecule has 11 heteroatoms. The van der Waals surface area contributed by atoms with Gasteiger partial charge in [0.15, 0.2) is 5.78 Å². The van der Waals surface area contributed by atoms with Crippen molar-refractivity contribution >= 4 is 23.7 Å². The quantitative estimate of drug-likeness (QED) is 0.346. The summed E-state index contributed by atoms with van der Waals surface area (Å²) in [4.78, 5) is 51.4. The molecule has 7 atom stereocenters. The molecule has 190 valence electrons. The Morgan fingerprint density at radius 2 is 1.91 bits per heavy atom. The van der Waals surface area contributed by atoms with E-state index in [1.807, 2.05) is 0 Å². The van der Waals surface area contributed by atoms with Gasteiger partial charge in [0.1, 0.15) is 40.8 Å². The number of furan rings is 1. The lowest BCUT2D eigenvalue weighted by atomic mass is 9.39. The second-order valence-corrected chi connectivity index (χ2v) is 10.3. The van der Waals surface area contributed by atoms with E-state index in [1.165, 1.54) is 26.4 Å². The van der Waals surface area contributed by atoms with E-state index in [9.17, 15) is 29.4 Å². The molecular weight excluding hydrogens is 464 g/mol. The van der Waals surface area contributed by atoms with E-state index in [2.05, 4.69) is 0 Å². The lowest BCUT2D eigenvalue weighted by molar-refractivity contribution is -0.292. The molecule has 0 radical (unpaired) electrons. The highest BCUT2D eigenvalue weighted by Crippen LogP contribution is 2.72. The van der Waals surface area contributed by atoms with Crippen LogP contribution in [0.1, 0.15) is 58.1 Å². The summed E-state index contributed by atoms with van der Waals surface area (Å²) >= 11 is 0. The number of epoxide rings is 1. The van der Waals surface area contributed by atoms with Crippen molar-refractivity contribution in [3.8, 4) is 0 Å². The third-order valence-electron chi connectivity index (χ3n) is 8.58. The van der Waals surface area contributed by atoms with Crippen molar-refractivity contribution in [2.24, 2.45) is 10.8 Å². The maximum absolute atomic E-state index is 13.9. The number of aliphatic hydroxyl groups is 2. The van der Waals surface area contributed by atoms with Crippen molar-refractivity contribution in [2.75, 3.05) is 13.2 Å². The van der Waals surface area contributed by atoms with Crippen LogP contribution in [0.2, 0.25) is 0 Å². The van der Waals surface area contributed by atoms with Crippen molar-refractivity contribution in [2.45, 2.75) is 75.5 Å². The van der Waals surface area contributed by atoms with Gasteiger partial charge in [-0.15, -0.1) is 0 Å². The van der Waals surface area contributed by atoms with Crippen LogP contribution in [-0.4, -0.2) is 70.0 Å². The summed E-state index contributed by atoms with van der Waals surface area (Å²) in [5.41, 5.74) is -9.22. The number of Topliss-reactive ketones (excluding diaryl/α,β-unsaturated/α-hetero) is 1. The van der Waals surface area contributed by atoms with Crippen LogP contribution in [0.4, 0.5) is 0 Å². The molecule has 2 aliphatic heterocycles. The Balaban J connectivity index is 1.71. The summed E-state index contributed by atoms with van der Waals surface area (Å²) in [5, 5.41) is 24.2. The van der Waals surface area contributed by atoms with Crippen LogP contribution in [0.5, 0.6) is 0 Å². The molecule has 2 N–H and O–H groups in total. The van der Waals surface area contributed by atoms with Gasteiger partial charge in [-0.05, 0) is 25.8 Å². The highest BCUT2D eigenvalue weighted by atomic mass is 16.6. The van der Waals surface area contributed by atoms with Crippen molar-refractivity contribution < 1.29 is 52.8 Å². The number of cyclic esters (lactones) is 1. The molecule has 0 aromatic carbocycles. The maximum Gasteiger partial charge on any atom is 0.318 e. The number of ketones is 1. The predicted octanol–water partition coefficient (Wildman–Crippen LogP) is 0.753. The van der Waals surface area contributed by atoms with E-state index in [0.29, 0.717) is 5.56 Å². The van der Waals surface area contributed by atoms with E-state index in [4.69, 9.17) is 23.4 Å². The predicted molar refractivity (Wildman–Crippen MR) is 112 cm³/mol. The molecule has 2 aliphatic carbocycles. The average molecular weight is 492 g/mol. The van der Waals surface area contributed by atoms with E-state index in [1.54, 1.807) is 6.07 Å². The first-order chi connectivity index (χ1) is 16.4. The van der Waals surface area contributed by atoms with Gasteiger partial charge in [0.25, 0.3) is 0 Å². The Kier molecular flexibility index (Phi) is 5.05. The zero-order valence-corrected chi connectivity index (χ0v) is 19.7. The normalized spacial score (nSPS) is 44.1. The molecule has 2 saturated carbocycles. The average Bonchev–Trinajstić information content (AvgIpc) is 3.19. The smallest absolute Gasteiger partial charge is 0.318 e. The van der Waals surface area contributed by atoms with E-state index >= 15 is 0 Å². The molecule has 1 aromatic heterocycles. The van der Waals surface area contributed by atoms with Gasteiger partial charge in [-0.2, -0.15) is 0 Å². The van der Waals surface area contributed by atoms with Crippen LogP contribution in [-0.2, 0) is 38.1 Å². The summed E-state index contributed by atoms with van der Waals surface area (Å²) in [7, 11) is 0. The zero-order valence-electron chi connectivity index (χ0n) is 19.7. The summed E-state index contributed by atoms with van der Waals surface area (Å²) in [6.45, 7) is 3.01. The molecule has 35 heavy (non-hydrogen) atoms. The lowest BCUT2D eigenvalue weighted by Crippen LogP contribution is -2.83. The van der Waals surface area contributed by atoms with Crippen LogP contribution in [0.15, 0.2) is 23.0 Å². The molecule has 3 heterocycles. The van der Waals surface area contributed by atoms with E-state index < -0.39 is 76.6 Å². The van der Waals surface area contributed by atoms with E-state index in [-0.39, 0.29) is 25.9 Å². The van der Waals surface area contributed by atoms with Crippen LogP contribution in [0.25, 0.3) is 0 Å². The van der Waals surface area contributed by atoms with Gasteiger partial charge in [-0.3, -0.25) is 19.2 Å². The van der Waals surface area contributed by atoms with Gasteiger partial charge in [-0.1, -0.05) is 0 Å². The summed E-state index contributed by atoms with van der Waals surface area (Å²) in [6, 6.07) is 1.61. The number of ether oxygens (including phenoxy) is 4. The van der Waals surface area contributed by atoms with E-state index in [0.717, 1.165) is 6.92 Å². The molecular formula is C24H28O11. The summed E-state index contributed by atoms with van der Waals surface area (Å²) in [6.07, 6.45) is 0.173. The molecule has 2 spiro atoms. The SMILES string of the molecule is CC(=O)OCC12C(=O)CC(C)(O)C3(CC(c4ccoc4)OC3=O)C1(O)CCC(OC(C)=O)C21CO1. The molecule has 5 rings (SSSR count). The fraction of sp³-hybridized carbons (Fsp3) is 0.667. The highest BCUT2D eigenvalue weighted by Gasteiger charge is 2.89. The number of carbonyl (C=O) groups excluding carboxylic acids is 4. The van der Waals surface area contributed by atoms with Crippen molar-refractivity contribution in [1.82, 2.24) is 0 Å². The number of esters is 3. The third kappa shape index (κ3) is 2.82. The van der Waals surface area contributed by atoms with Gasteiger partial charge in [-0.25, -0.2) is 0 Å². The molecule has 7 unspecified atom stereocenters. The maximum atomic E-state index is 13.9. The first-order valence-electron chi connectivity index (χ1n) is 11.5. The monoisotopic (exact) mass is 492 g/mol. The third-order valence-corrected chi connectivity index (χ3v) is 8.58. The van der Waals surface area contributed by atoms with Crippen molar-refractivity contribution in [1.29, 1.82) is 0 Å². The second kappa shape index (κ2) is 7.37. The Bertz CT molecular complexity index is 1090. The molecule has 1 aromatic rings. The minimum atomic E-state index is -2.25. The minimum Gasteiger partial charge on any atom is -0.472 e. The van der Waals surface area contributed by atoms with Crippen molar-refractivity contribution in [3.05, 3.63) is 24.2 Å². The molecule has 0 bridgehead atoms. The number of hydrogen-bond donors (Lipinski definition) is 2. The van der Waals surface area contributed by atoms with Gasteiger partial charge < -0.3 is 33.6 Å². The Morgan fingerprint density at radius 3 is 2.49 bits per heavy atom.